The summed E-state index contributed by atoms with van der Waals surface area (Å²) < 4.78 is 2.15. The highest BCUT2D eigenvalue weighted by atomic mass is 14.9. The molecule has 66 valence electrons. The average Bonchev–Trinajstić information content (AvgIpc) is 2.25. The van der Waals surface area contributed by atoms with Crippen LogP contribution in [0.15, 0.2) is 6.20 Å². The smallest absolute Gasteiger partial charge is 0.0433 e. The van der Waals surface area contributed by atoms with Gasteiger partial charge in [-0.3, -0.25) is 0 Å². The number of hydrogen-bond donors (Lipinski definition) is 0. The Hall–Kier alpha value is -0.980. The molecule has 1 heterocycles. The first-order valence-electron chi connectivity index (χ1n) is 4.48. The van der Waals surface area contributed by atoms with Crippen molar-refractivity contribution in [2.75, 3.05) is 0 Å². The Balaban J connectivity index is 3.23. The van der Waals surface area contributed by atoms with Gasteiger partial charge in [-0.1, -0.05) is 26.0 Å². The molecule has 0 aliphatic heterocycles. The third-order valence-corrected chi connectivity index (χ3v) is 2.18. The van der Waals surface area contributed by atoms with Gasteiger partial charge in [0.1, 0.15) is 0 Å². The Morgan fingerprint density at radius 3 is 2.67 bits per heavy atom. The fourth-order valence-electron chi connectivity index (χ4n) is 1.40. The summed E-state index contributed by atoms with van der Waals surface area (Å²) >= 11 is 0. The quantitative estimate of drug-likeness (QED) is 0.620. The van der Waals surface area contributed by atoms with Crippen molar-refractivity contribution in [1.82, 2.24) is 4.57 Å². The van der Waals surface area contributed by atoms with Crippen molar-refractivity contribution in [3.8, 4) is 0 Å². The minimum Gasteiger partial charge on any atom is -0.351 e. The standard InChI is InChI=1S/C11H17N/c1-5-6-7-11-10(3)9(2)8-12(11)4/h7-8H,3,5-6H2,1-2,4H3/b11-7+. The molecule has 1 heteroatoms. The van der Waals surface area contributed by atoms with Gasteiger partial charge in [-0.05, 0) is 24.1 Å². The molecule has 0 bridgehead atoms. The van der Waals surface area contributed by atoms with E-state index >= 15 is 0 Å². The van der Waals surface area contributed by atoms with Crippen molar-refractivity contribution in [3.05, 3.63) is 22.3 Å². The number of aryl methyl sites for hydroxylation is 2. The highest BCUT2D eigenvalue weighted by molar-refractivity contribution is 5.27. The van der Waals surface area contributed by atoms with E-state index in [4.69, 9.17) is 0 Å². The normalized spacial score (nSPS) is 12.4. The van der Waals surface area contributed by atoms with Crippen LogP contribution in [0.4, 0.5) is 0 Å². The molecule has 0 amide bonds. The van der Waals surface area contributed by atoms with E-state index < -0.39 is 0 Å². The number of hydrogen-bond acceptors (Lipinski definition) is 0. The van der Waals surface area contributed by atoms with E-state index in [1.54, 1.807) is 0 Å². The van der Waals surface area contributed by atoms with E-state index in [0.29, 0.717) is 0 Å². The molecule has 0 radical (unpaired) electrons. The first-order valence-corrected chi connectivity index (χ1v) is 4.48. The molecule has 0 fully saturated rings. The van der Waals surface area contributed by atoms with Crippen LogP contribution in [-0.2, 0) is 7.05 Å². The van der Waals surface area contributed by atoms with Crippen molar-refractivity contribution >= 4 is 12.7 Å². The van der Waals surface area contributed by atoms with Gasteiger partial charge in [0.15, 0.2) is 0 Å². The Bertz CT molecular complexity index is 357. The molecule has 1 aromatic heterocycles. The van der Waals surface area contributed by atoms with Gasteiger partial charge < -0.3 is 4.57 Å². The monoisotopic (exact) mass is 163 g/mol. The molecule has 0 unspecified atom stereocenters. The van der Waals surface area contributed by atoms with E-state index in [-0.39, 0.29) is 0 Å². The summed E-state index contributed by atoms with van der Waals surface area (Å²) in [4.78, 5) is 0. The minimum atomic E-state index is 1.14. The van der Waals surface area contributed by atoms with E-state index in [9.17, 15) is 0 Å². The van der Waals surface area contributed by atoms with Gasteiger partial charge in [0, 0.05) is 18.6 Å². The fourth-order valence-corrected chi connectivity index (χ4v) is 1.40. The largest absolute Gasteiger partial charge is 0.351 e. The predicted octanol–water partition coefficient (Wildman–Crippen LogP) is 1.32. The molecule has 1 nitrogen and oxygen atoms in total. The number of rotatable bonds is 2. The molecule has 0 saturated carbocycles. The van der Waals surface area contributed by atoms with Crippen molar-refractivity contribution < 1.29 is 0 Å². The fraction of sp³-hybridized carbons (Fsp3) is 0.455. The van der Waals surface area contributed by atoms with Crippen LogP contribution in [0.1, 0.15) is 25.3 Å². The Labute approximate surface area is 74.0 Å². The van der Waals surface area contributed by atoms with Crippen LogP contribution in [0.25, 0.3) is 12.7 Å². The van der Waals surface area contributed by atoms with Gasteiger partial charge in [-0.2, -0.15) is 0 Å². The molecule has 0 aromatic carbocycles. The lowest BCUT2D eigenvalue weighted by Gasteiger charge is -1.90. The molecule has 0 spiro atoms. The molecule has 0 N–H and O–H groups in total. The topological polar surface area (TPSA) is 4.93 Å². The number of unbranched alkanes of at least 4 members (excludes halogenated alkanes) is 1. The first-order chi connectivity index (χ1) is 5.66. The second-order valence-corrected chi connectivity index (χ2v) is 3.28. The zero-order chi connectivity index (χ0) is 9.14. The molecular formula is C11H17N. The summed E-state index contributed by atoms with van der Waals surface area (Å²) in [6.07, 6.45) is 6.72. The average molecular weight is 163 g/mol. The third-order valence-electron chi connectivity index (χ3n) is 2.18. The van der Waals surface area contributed by atoms with Crippen LogP contribution in [0.5, 0.6) is 0 Å². The van der Waals surface area contributed by atoms with E-state index in [1.165, 1.54) is 22.6 Å². The lowest BCUT2D eigenvalue weighted by atomic mass is 10.2. The lowest BCUT2D eigenvalue weighted by Crippen LogP contribution is -2.27. The number of nitrogens with zero attached hydrogens (tertiary/aromatic N) is 1. The molecule has 1 aromatic rings. The van der Waals surface area contributed by atoms with E-state index in [2.05, 4.69) is 44.3 Å². The van der Waals surface area contributed by atoms with Crippen LogP contribution >= 0.6 is 0 Å². The predicted molar refractivity (Wildman–Crippen MR) is 54.3 cm³/mol. The highest BCUT2D eigenvalue weighted by Gasteiger charge is 1.93. The van der Waals surface area contributed by atoms with Crippen LogP contribution in [-0.4, -0.2) is 4.57 Å². The zero-order valence-corrected chi connectivity index (χ0v) is 8.22. The van der Waals surface area contributed by atoms with Crippen molar-refractivity contribution in [3.63, 3.8) is 0 Å². The van der Waals surface area contributed by atoms with Gasteiger partial charge in [0.2, 0.25) is 0 Å². The maximum absolute atomic E-state index is 4.04. The van der Waals surface area contributed by atoms with Gasteiger partial charge in [0.25, 0.3) is 0 Å². The second kappa shape index (κ2) is 3.61. The molecule has 0 aliphatic carbocycles. The summed E-state index contributed by atoms with van der Waals surface area (Å²) in [5.41, 5.74) is 1.28. The summed E-state index contributed by atoms with van der Waals surface area (Å²) in [6, 6.07) is 0. The Morgan fingerprint density at radius 2 is 2.25 bits per heavy atom. The van der Waals surface area contributed by atoms with Crippen molar-refractivity contribution in [2.45, 2.75) is 26.7 Å². The molecular weight excluding hydrogens is 146 g/mol. The number of aromatic nitrogens is 1. The zero-order valence-electron chi connectivity index (χ0n) is 8.22. The molecule has 0 atom stereocenters. The Morgan fingerprint density at radius 1 is 1.58 bits per heavy atom. The maximum Gasteiger partial charge on any atom is 0.0433 e. The van der Waals surface area contributed by atoms with Crippen molar-refractivity contribution in [2.24, 2.45) is 7.05 Å². The SMILES string of the molecule is C=c1c(C)cn(C)/c1=C/CCC. The Kier molecular flexibility index (Phi) is 2.74. The van der Waals surface area contributed by atoms with Crippen LogP contribution in [0.2, 0.25) is 0 Å². The summed E-state index contributed by atoms with van der Waals surface area (Å²) in [5.74, 6) is 0. The van der Waals surface area contributed by atoms with Gasteiger partial charge >= 0.3 is 0 Å². The van der Waals surface area contributed by atoms with E-state index in [0.717, 1.165) is 6.42 Å². The third kappa shape index (κ3) is 1.60. The second-order valence-electron chi connectivity index (χ2n) is 3.28. The van der Waals surface area contributed by atoms with Crippen LogP contribution in [0, 0.1) is 6.92 Å². The van der Waals surface area contributed by atoms with Gasteiger partial charge in [-0.25, -0.2) is 0 Å². The molecule has 12 heavy (non-hydrogen) atoms. The molecule has 0 saturated heterocycles. The van der Waals surface area contributed by atoms with Crippen molar-refractivity contribution in [1.29, 1.82) is 0 Å². The van der Waals surface area contributed by atoms with Crippen LogP contribution < -0.4 is 10.6 Å². The van der Waals surface area contributed by atoms with Crippen LogP contribution in [0.3, 0.4) is 0 Å². The minimum absolute atomic E-state index is 1.14. The summed E-state index contributed by atoms with van der Waals surface area (Å²) in [6.45, 7) is 8.33. The summed E-state index contributed by atoms with van der Waals surface area (Å²) in [5, 5.41) is 2.44. The van der Waals surface area contributed by atoms with Gasteiger partial charge in [0.05, 0.1) is 0 Å². The first kappa shape index (κ1) is 9.11. The van der Waals surface area contributed by atoms with Gasteiger partial charge in [-0.15, -0.1) is 0 Å². The van der Waals surface area contributed by atoms with E-state index in [1.807, 2.05) is 0 Å². The highest BCUT2D eigenvalue weighted by Crippen LogP contribution is 1.87. The molecule has 1 rings (SSSR count). The lowest BCUT2D eigenvalue weighted by molar-refractivity contribution is 0.876. The maximum atomic E-state index is 4.04. The molecule has 0 aliphatic rings. The summed E-state index contributed by atoms with van der Waals surface area (Å²) in [7, 11) is 2.07.